The molecule has 1 heterocycles. The van der Waals surface area contributed by atoms with E-state index < -0.39 is 36.0 Å². The monoisotopic (exact) mass is 450 g/mol. The zero-order valence-corrected chi connectivity index (χ0v) is 18.3. The van der Waals surface area contributed by atoms with Crippen LogP contribution in [0.15, 0.2) is 42.5 Å². The second-order valence-electron chi connectivity index (χ2n) is 8.88. The van der Waals surface area contributed by atoms with E-state index in [-0.39, 0.29) is 11.3 Å². The van der Waals surface area contributed by atoms with Gasteiger partial charge >= 0.3 is 6.18 Å². The van der Waals surface area contributed by atoms with Gasteiger partial charge in [-0.1, -0.05) is 19.9 Å². The van der Waals surface area contributed by atoms with Crippen LogP contribution in [0, 0.1) is 19.7 Å². The fourth-order valence-corrected chi connectivity index (χ4v) is 4.02. The van der Waals surface area contributed by atoms with Gasteiger partial charge in [0.05, 0.1) is 12.1 Å². The molecule has 0 spiro atoms. The average molecular weight is 450 g/mol. The predicted octanol–water partition coefficient (Wildman–Crippen LogP) is 5.77. The number of alkyl halides is 3. The number of halogens is 4. The molecular formula is C24H26F4N2O2. The molecule has 3 aromatic rings. The molecule has 0 amide bonds. The van der Waals surface area contributed by atoms with Crippen molar-refractivity contribution in [2.45, 2.75) is 51.3 Å². The van der Waals surface area contributed by atoms with Gasteiger partial charge in [-0.25, -0.2) is 4.39 Å². The molecule has 0 aliphatic heterocycles. The van der Waals surface area contributed by atoms with E-state index in [1.165, 1.54) is 13.8 Å². The van der Waals surface area contributed by atoms with Gasteiger partial charge in [-0.15, -0.1) is 0 Å². The summed E-state index contributed by atoms with van der Waals surface area (Å²) in [4.78, 5) is 4.40. The van der Waals surface area contributed by atoms with Gasteiger partial charge in [0.15, 0.2) is 5.60 Å². The molecule has 172 valence electrons. The third kappa shape index (κ3) is 4.65. The summed E-state index contributed by atoms with van der Waals surface area (Å²) in [6.45, 7) is 5.59. The molecule has 3 N–H and O–H groups in total. The molecule has 1 unspecified atom stereocenters. The average Bonchev–Trinajstić information content (AvgIpc) is 2.68. The Morgan fingerprint density at radius 2 is 1.69 bits per heavy atom. The Hall–Kier alpha value is -2.87. The van der Waals surface area contributed by atoms with E-state index in [1.54, 1.807) is 31.2 Å². The molecule has 0 radical (unpaired) electrons. The number of aromatic hydroxyl groups is 1. The highest BCUT2D eigenvalue weighted by Crippen LogP contribution is 2.44. The fourth-order valence-electron chi connectivity index (χ4n) is 4.02. The smallest absolute Gasteiger partial charge is 0.418 e. The van der Waals surface area contributed by atoms with Gasteiger partial charge < -0.3 is 15.5 Å². The van der Waals surface area contributed by atoms with Crippen LogP contribution in [0.25, 0.3) is 10.9 Å². The maximum Gasteiger partial charge on any atom is 0.418 e. The summed E-state index contributed by atoms with van der Waals surface area (Å²) >= 11 is 0. The van der Waals surface area contributed by atoms with Crippen LogP contribution in [-0.2, 0) is 5.41 Å². The number of hydrogen-bond acceptors (Lipinski definition) is 4. The number of fused-ring (bicyclic) bond motifs is 1. The van der Waals surface area contributed by atoms with Crippen LogP contribution in [0.4, 0.5) is 23.2 Å². The normalized spacial score (nSPS) is 14.4. The van der Waals surface area contributed by atoms with Gasteiger partial charge in [0.25, 0.3) is 0 Å². The van der Waals surface area contributed by atoms with E-state index in [9.17, 15) is 27.8 Å². The Balaban J connectivity index is 1.97. The highest BCUT2D eigenvalue weighted by molar-refractivity contribution is 5.93. The third-order valence-electron chi connectivity index (χ3n) is 5.73. The summed E-state index contributed by atoms with van der Waals surface area (Å²) < 4.78 is 55.9. The standard InChI is InChI=1S/C24H26F4N2O2/c1-14-5-9-19-17(8-6-15(2)30-19)21(14)29-13-23(32,24(26,27)28)12-22(3,4)18-11-16(25)7-10-20(18)31/h5-11,29,31-32H,12-13H2,1-4H3. The van der Waals surface area contributed by atoms with Crippen molar-refractivity contribution in [3.63, 3.8) is 0 Å². The molecule has 0 saturated heterocycles. The van der Waals surface area contributed by atoms with E-state index in [1.807, 2.05) is 6.92 Å². The highest BCUT2D eigenvalue weighted by Gasteiger charge is 2.56. The minimum absolute atomic E-state index is 0.0128. The molecule has 0 fully saturated rings. The van der Waals surface area contributed by atoms with Crippen LogP contribution < -0.4 is 5.32 Å². The van der Waals surface area contributed by atoms with Crippen molar-refractivity contribution in [1.29, 1.82) is 0 Å². The molecule has 2 aromatic carbocycles. The number of phenols is 1. The minimum atomic E-state index is -4.98. The van der Waals surface area contributed by atoms with E-state index in [2.05, 4.69) is 10.3 Å². The van der Waals surface area contributed by atoms with Gasteiger partial charge in [-0.3, -0.25) is 4.98 Å². The Kier molecular flexibility index (Phi) is 6.12. The fraction of sp³-hybridized carbons (Fsp3) is 0.375. The molecule has 0 saturated carbocycles. The number of hydrogen-bond donors (Lipinski definition) is 3. The van der Waals surface area contributed by atoms with Crippen molar-refractivity contribution in [3.8, 4) is 5.75 Å². The van der Waals surface area contributed by atoms with Gasteiger partial charge in [0.2, 0.25) is 0 Å². The molecule has 32 heavy (non-hydrogen) atoms. The lowest BCUT2D eigenvalue weighted by atomic mass is 9.74. The number of benzene rings is 2. The largest absolute Gasteiger partial charge is 0.508 e. The van der Waals surface area contributed by atoms with Crippen LogP contribution in [0.3, 0.4) is 0 Å². The molecule has 8 heteroatoms. The molecule has 4 nitrogen and oxygen atoms in total. The maximum atomic E-state index is 14.1. The minimum Gasteiger partial charge on any atom is -0.508 e. The molecule has 3 rings (SSSR count). The quantitative estimate of drug-likeness (QED) is 0.417. The third-order valence-corrected chi connectivity index (χ3v) is 5.73. The van der Waals surface area contributed by atoms with Crippen molar-refractivity contribution >= 4 is 16.6 Å². The first-order valence-electron chi connectivity index (χ1n) is 10.1. The maximum absolute atomic E-state index is 14.1. The van der Waals surface area contributed by atoms with Crippen molar-refractivity contribution in [2.24, 2.45) is 0 Å². The molecule has 0 aliphatic carbocycles. The number of aryl methyl sites for hydroxylation is 2. The Labute approximate surface area is 183 Å². The number of pyridine rings is 1. The Bertz CT molecular complexity index is 1140. The highest BCUT2D eigenvalue weighted by atomic mass is 19.4. The van der Waals surface area contributed by atoms with Gasteiger partial charge in [0, 0.05) is 22.3 Å². The van der Waals surface area contributed by atoms with Crippen LogP contribution in [-0.4, -0.2) is 33.5 Å². The molecule has 1 atom stereocenters. The second kappa shape index (κ2) is 8.24. The first-order valence-corrected chi connectivity index (χ1v) is 10.1. The summed E-state index contributed by atoms with van der Waals surface area (Å²) in [7, 11) is 0. The van der Waals surface area contributed by atoms with Crippen molar-refractivity contribution in [2.75, 3.05) is 11.9 Å². The van der Waals surface area contributed by atoms with E-state index in [4.69, 9.17) is 0 Å². The number of rotatable bonds is 6. The Morgan fingerprint density at radius 1 is 1.00 bits per heavy atom. The van der Waals surface area contributed by atoms with Gasteiger partial charge in [-0.2, -0.15) is 13.2 Å². The number of nitrogens with zero attached hydrogens (tertiary/aromatic N) is 1. The lowest BCUT2D eigenvalue weighted by Crippen LogP contribution is -2.53. The van der Waals surface area contributed by atoms with Crippen LogP contribution in [0.2, 0.25) is 0 Å². The summed E-state index contributed by atoms with van der Waals surface area (Å²) in [6.07, 6.45) is -5.78. The molecular weight excluding hydrogens is 424 g/mol. The number of phenolic OH excluding ortho intramolecular Hbond substituents is 1. The first-order chi connectivity index (χ1) is 14.7. The van der Waals surface area contributed by atoms with Gasteiger partial charge in [-0.05, 0) is 67.6 Å². The number of anilines is 1. The Morgan fingerprint density at radius 3 is 2.34 bits per heavy atom. The zero-order valence-electron chi connectivity index (χ0n) is 18.3. The number of nitrogens with one attached hydrogen (secondary N) is 1. The van der Waals surface area contributed by atoms with E-state index in [0.717, 1.165) is 23.9 Å². The van der Waals surface area contributed by atoms with Gasteiger partial charge in [0.1, 0.15) is 11.6 Å². The summed E-state index contributed by atoms with van der Waals surface area (Å²) in [5.41, 5.74) is -2.00. The first kappa shape index (κ1) is 23.8. The molecule has 0 bridgehead atoms. The summed E-state index contributed by atoms with van der Waals surface area (Å²) in [5.74, 6) is -1.02. The topological polar surface area (TPSA) is 65.4 Å². The number of aromatic nitrogens is 1. The van der Waals surface area contributed by atoms with Crippen LogP contribution in [0.1, 0.15) is 37.1 Å². The van der Waals surface area contributed by atoms with Crippen molar-refractivity contribution in [1.82, 2.24) is 4.98 Å². The lowest BCUT2D eigenvalue weighted by Gasteiger charge is -2.38. The molecule has 1 aromatic heterocycles. The van der Waals surface area contributed by atoms with E-state index in [0.29, 0.717) is 22.2 Å². The SMILES string of the molecule is Cc1ccc2c(NCC(O)(CC(C)(C)c3cc(F)ccc3O)C(F)(F)F)c(C)ccc2n1. The predicted molar refractivity (Wildman–Crippen MR) is 116 cm³/mol. The van der Waals surface area contributed by atoms with E-state index >= 15 is 0 Å². The lowest BCUT2D eigenvalue weighted by molar-refractivity contribution is -0.260. The molecule has 0 aliphatic rings. The van der Waals surface area contributed by atoms with Crippen LogP contribution >= 0.6 is 0 Å². The van der Waals surface area contributed by atoms with Crippen molar-refractivity contribution in [3.05, 3.63) is 65.1 Å². The summed E-state index contributed by atoms with van der Waals surface area (Å²) in [5, 5.41) is 24.3. The van der Waals surface area contributed by atoms with Crippen molar-refractivity contribution < 1.29 is 27.8 Å². The summed E-state index contributed by atoms with van der Waals surface area (Å²) in [6, 6.07) is 10.2. The van der Waals surface area contributed by atoms with Crippen LogP contribution in [0.5, 0.6) is 5.75 Å². The number of aliphatic hydroxyl groups is 1. The second-order valence-corrected chi connectivity index (χ2v) is 8.88. The zero-order chi connectivity index (χ0) is 23.9.